The standard InChI is InChI=1S/C23H27ClFN7O2/c1-13(2)32-23(34-18-6-4-5-17(24)20(18)25)28-22(30-32)27-21-14-7-8-15(21)12-31(11-14)16-9-19(33-3)29-26-10-16/h4-6,9-10,13-15,21H,7-8,11-12H2,1-3H3,(H,27,30)/t14-,15+,21-. The molecule has 1 saturated heterocycles. The maximum atomic E-state index is 14.4. The fourth-order valence-electron chi connectivity index (χ4n) is 4.87. The van der Waals surface area contributed by atoms with Gasteiger partial charge in [-0.2, -0.15) is 10.1 Å². The Morgan fingerprint density at radius 2 is 1.97 bits per heavy atom. The molecule has 2 aromatic heterocycles. The van der Waals surface area contributed by atoms with Gasteiger partial charge in [0.15, 0.2) is 11.6 Å². The van der Waals surface area contributed by atoms with Gasteiger partial charge in [0, 0.05) is 25.2 Å². The smallest absolute Gasteiger partial charge is 0.322 e. The van der Waals surface area contributed by atoms with Crippen molar-refractivity contribution in [2.45, 2.75) is 38.8 Å². The Balaban J connectivity index is 1.33. The van der Waals surface area contributed by atoms with Crippen molar-refractivity contribution >= 4 is 23.2 Å². The average molecular weight is 488 g/mol. The summed E-state index contributed by atoms with van der Waals surface area (Å²) < 4.78 is 27.0. The van der Waals surface area contributed by atoms with Crippen molar-refractivity contribution in [1.29, 1.82) is 0 Å². The monoisotopic (exact) mass is 487 g/mol. The molecular formula is C23H27ClFN7O2. The van der Waals surface area contributed by atoms with Crippen LogP contribution in [0.25, 0.3) is 0 Å². The maximum Gasteiger partial charge on any atom is 0.322 e. The number of methoxy groups -OCH3 is 1. The van der Waals surface area contributed by atoms with Gasteiger partial charge in [-0.15, -0.1) is 10.2 Å². The van der Waals surface area contributed by atoms with Gasteiger partial charge >= 0.3 is 6.01 Å². The molecule has 1 aliphatic carbocycles. The molecule has 0 spiro atoms. The molecule has 1 N–H and O–H groups in total. The van der Waals surface area contributed by atoms with Gasteiger partial charge in [-0.05, 0) is 50.7 Å². The lowest BCUT2D eigenvalue weighted by atomic mass is 9.92. The third-order valence-corrected chi connectivity index (χ3v) is 6.82. The number of anilines is 2. The van der Waals surface area contributed by atoms with Crippen LogP contribution in [-0.4, -0.2) is 51.2 Å². The summed E-state index contributed by atoms with van der Waals surface area (Å²) >= 11 is 5.90. The van der Waals surface area contributed by atoms with Crippen LogP contribution in [0.3, 0.4) is 0 Å². The van der Waals surface area contributed by atoms with Gasteiger partial charge in [0.1, 0.15) is 0 Å². The van der Waals surface area contributed by atoms with E-state index in [2.05, 4.69) is 30.5 Å². The number of fused-ring (bicyclic) bond motifs is 2. The zero-order valence-electron chi connectivity index (χ0n) is 19.3. The summed E-state index contributed by atoms with van der Waals surface area (Å²) in [4.78, 5) is 6.89. The van der Waals surface area contributed by atoms with Crippen LogP contribution in [0.5, 0.6) is 17.6 Å². The van der Waals surface area contributed by atoms with Gasteiger partial charge in [0.25, 0.3) is 0 Å². The summed E-state index contributed by atoms with van der Waals surface area (Å²) in [5, 5.41) is 16.2. The lowest BCUT2D eigenvalue weighted by molar-refractivity contribution is 0.360. The minimum atomic E-state index is -0.621. The number of ether oxygens (including phenoxy) is 2. The summed E-state index contributed by atoms with van der Waals surface area (Å²) in [6.45, 7) is 5.73. The summed E-state index contributed by atoms with van der Waals surface area (Å²) in [5.41, 5.74) is 1.02. The number of hydrogen-bond acceptors (Lipinski definition) is 8. The Hall–Kier alpha value is -3.14. The van der Waals surface area contributed by atoms with Crippen molar-refractivity contribution in [2.24, 2.45) is 11.8 Å². The third-order valence-electron chi connectivity index (χ3n) is 6.53. The number of nitrogens with zero attached hydrogens (tertiary/aromatic N) is 6. The van der Waals surface area contributed by atoms with Gasteiger partial charge in [-0.1, -0.05) is 17.7 Å². The van der Waals surface area contributed by atoms with Crippen molar-refractivity contribution in [3.63, 3.8) is 0 Å². The molecule has 5 rings (SSSR count). The highest BCUT2D eigenvalue weighted by Crippen LogP contribution is 2.40. The van der Waals surface area contributed by atoms with E-state index in [1.165, 1.54) is 12.1 Å². The van der Waals surface area contributed by atoms with E-state index in [4.69, 9.17) is 21.1 Å². The molecule has 180 valence electrons. The molecule has 0 amide bonds. The van der Waals surface area contributed by atoms with Crippen LogP contribution in [0.2, 0.25) is 5.02 Å². The van der Waals surface area contributed by atoms with Crippen molar-refractivity contribution < 1.29 is 13.9 Å². The Morgan fingerprint density at radius 3 is 2.68 bits per heavy atom. The number of nitrogens with one attached hydrogen (secondary N) is 1. The highest BCUT2D eigenvalue weighted by Gasteiger charge is 2.43. The minimum Gasteiger partial charge on any atom is -0.480 e. The van der Waals surface area contributed by atoms with Crippen LogP contribution in [0.1, 0.15) is 32.7 Å². The average Bonchev–Trinajstić information content (AvgIpc) is 3.32. The minimum absolute atomic E-state index is 0.00295. The number of aromatic nitrogens is 5. The first-order valence-corrected chi connectivity index (χ1v) is 11.8. The van der Waals surface area contributed by atoms with E-state index in [1.54, 1.807) is 24.1 Å². The molecular weight excluding hydrogens is 461 g/mol. The summed E-state index contributed by atoms with van der Waals surface area (Å²) in [6.07, 6.45) is 4.02. The molecule has 34 heavy (non-hydrogen) atoms. The summed E-state index contributed by atoms with van der Waals surface area (Å²) in [5.74, 6) is 1.25. The number of rotatable bonds is 7. The highest BCUT2D eigenvalue weighted by molar-refractivity contribution is 6.30. The predicted octanol–water partition coefficient (Wildman–Crippen LogP) is 4.57. The molecule has 11 heteroatoms. The van der Waals surface area contributed by atoms with Crippen molar-refractivity contribution in [3.8, 4) is 17.6 Å². The van der Waals surface area contributed by atoms with Gasteiger partial charge in [0.2, 0.25) is 11.8 Å². The molecule has 1 aromatic carbocycles. The molecule has 3 atom stereocenters. The molecule has 9 nitrogen and oxygen atoms in total. The summed E-state index contributed by atoms with van der Waals surface area (Å²) in [6, 6.07) is 7.00. The Morgan fingerprint density at radius 1 is 1.21 bits per heavy atom. The molecule has 2 fully saturated rings. The van der Waals surface area contributed by atoms with E-state index in [0.717, 1.165) is 31.6 Å². The SMILES string of the molecule is COc1cc(N2C[C@H]3CC[C@@H](C2)[C@@H]3Nc2nc(Oc3cccc(Cl)c3F)n(C(C)C)n2)cnn1. The predicted molar refractivity (Wildman–Crippen MR) is 126 cm³/mol. The van der Waals surface area contributed by atoms with Crippen LogP contribution in [0, 0.1) is 17.7 Å². The zero-order chi connectivity index (χ0) is 23.8. The molecule has 2 bridgehead atoms. The summed E-state index contributed by atoms with van der Waals surface area (Å²) in [7, 11) is 1.59. The Labute approximate surface area is 202 Å². The van der Waals surface area contributed by atoms with E-state index in [-0.39, 0.29) is 28.9 Å². The normalized spacial score (nSPS) is 21.7. The van der Waals surface area contributed by atoms with Gasteiger partial charge in [0.05, 0.1) is 30.1 Å². The lowest BCUT2D eigenvalue weighted by Crippen LogP contribution is -2.48. The van der Waals surface area contributed by atoms with Crippen molar-refractivity contribution in [3.05, 3.63) is 41.3 Å². The number of halogens is 2. The first-order chi connectivity index (χ1) is 16.4. The second-order valence-electron chi connectivity index (χ2n) is 9.04. The first-order valence-electron chi connectivity index (χ1n) is 11.4. The van der Waals surface area contributed by atoms with Gasteiger partial charge in [-0.25, -0.2) is 9.07 Å². The second kappa shape index (κ2) is 9.25. The van der Waals surface area contributed by atoms with Crippen LogP contribution < -0.4 is 19.7 Å². The van der Waals surface area contributed by atoms with Crippen molar-refractivity contribution in [1.82, 2.24) is 25.0 Å². The fraction of sp³-hybridized carbons (Fsp3) is 0.478. The Kier molecular flexibility index (Phi) is 6.16. The molecule has 3 aromatic rings. The largest absolute Gasteiger partial charge is 0.480 e. The number of benzene rings is 1. The van der Waals surface area contributed by atoms with E-state index >= 15 is 0 Å². The van der Waals surface area contributed by atoms with Crippen LogP contribution in [0.4, 0.5) is 16.0 Å². The van der Waals surface area contributed by atoms with Crippen molar-refractivity contribution in [2.75, 3.05) is 30.4 Å². The topological polar surface area (TPSA) is 90.2 Å². The molecule has 1 aliphatic heterocycles. The van der Waals surface area contributed by atoms with E-state index in [0.29, 0.717) is 23.7 Å². The molecule has 0 unspecified atom stereocenters. The van der Waals surface area contributed by atoms with Gasteiger partial charge < -0.3 is 19.7 Å². The lowest BCUT2D eigenvalue weighted by Gasteiger charge is -2.39. The molecule has 1 saturated carbocycles. The molecule has 0 radical (unpaired) electrons. The third kappa shape index (κ3) is 4.34. The first kappa shape index (κ1) is 22.6. The van der Waals surface area contributed by atoms with Crippen LogP contribution in [0.15, 0.2) is 30.5 Å². The number of piperidine rings is 1. The molecule has 3 heterocycles. The fourth-order valence-corrected chi connectivity index (χ4v) is 5.03. The Bertz CT molecular complexity index is 1160. The van der Waals surface area contributed by atoms with E-state index in [9.17, 15) is 4.39 Å². The highest BCUT2D eigenvalue weighted by atomic mass is 35.5. The second-order valence-corrected chi connectivity index (χ2v) is 9.45. The van der Waals surface area contributed by atoms with Crippen LogP contribution >= 0.6 is 11.6 Å². The quantitative estimate of drug-likeness (QED) is 0.518. The zero-order valence-corrected chi connectivity index (χ0v) is 20.0. The van der Waals surface area contributed by atoms with Gasteiger partial charge in [-0.3, -0.25) is 0 Å². The van der Waals surface area contributed by atoms with Crippen LogP contribution in [-0.2, 0) is 0 Å². The van der Waals surface area contributed by atoms with E-state index in [1.807, 2.05) is 19.9 Å². The molecule has 2 aliphatic rings. The maximum absolute atomic E-state index is 14.4. The number of hydrogen-bond donors (Lipinski definition) is 1. The van der Waals surface area contributed by atoms with E-state index < -0.39 is 5.82 Å².